The second-order valence-corrected chi connectivity index (χ2v) is 7.81. The summed E-state index contributed by atoms with van der Waals surface area (Å²) >= 11 is 0. The molecule has 0 aliphatic carbocycles. The van der Waals surface area contributed by atoms with Gasteiger partial charge in [0.05, 0.1) is 19.3 Å². The minimum atomic E-state index is 0.271. The summed E-state index contributed by atoms with van der Waals surface area (Å²) in [5.74, 6) is 1.40. The highest BCUT2D eigenvalue weighted by Gasteiger charge is 2.27. The van der Waals surface area contributed by atoms with Crippen LogP contribution >= 0.6 is 0 Å². The molecule has 2 aliphatic heterocycles. The number of methoxy groups -OCH3 is 1. The minimum absolute atomic E-state index is 0.271. The Labute approximate surface area is 167 Å². The maximum Gasteiger partial charge on any atom is 0.236 e. The van der Waals surface area contributed by atoms with Crippen molar-refractivity contribution in [3.8, 4) is 17.0 Å². The first-order valence-corrected chi connectivity index (χ1v) is 10.3. The molecule has 0 bridgehead atoms. The number of nitrogens with zero attached hydrogens (tertiary/aromatic N) is 3. The summed E-state index contributed by atoms with van der Waals surface area (Å²) in [5, 5.41) is 0. The van der Waals surface area contributed by atoms with Crippen molar-refractivity contribution in [2.45, 2.75) is 31.6 Å². The first-order chi connectivity index (χ1) is 13.7. The SMILES string of the molecule is COc1ccccc1-c1cccc([C@@H]2CCCN(C(=O)CN3CCCC3)C2)n1. The molecule has 0 saturated carbocycles. The van der Waals surface area contributed by atoms with Gasteiger partial charge in [-0.2, -0.15) is 0 Å². The average Bonchev–Trinajstić information content (AvgIpc) is 3.27. The Kier molecular flexibility index (Phi) is 5.91. The van der Waals surface area contributed by atoms with Gasteiger partial charge in [-0.25, -0.2) is 0 Å². The third kappa shape index (κ3) is 4.20. The van der Waals surface area contributed by atoms with E-state index >= 15 is 0 Å². The van der Waals surface area contributed by atoms with Crippen LogP contribution in [0.5, 0.6) is 5.75 Å². The van der Waals surface area contributed by atoms with Crippen molar-refractivity contribution in [3.63, 3.8) is 0 Å². The van der Waals surface area contributed by atoms with E-state index in [-0.39, 0.29) is 5.91 Å². The fraction of sp³-hybridized carbons (Fsp3) is 0.478. The molecule has 28 heavy (non-hydrogen) atoms. The number of aromatic nitrogens is 1. The molecule has 2 aliphatic rings. The van der Waals surface area contributed by atoms with E-state index in [0.717, 1.165) is 61.7 Å². The number of hydrogen-bond donors (Lipinski definition) is 0. The van der Waals surface area contributed by atoms with E-state index in [1.807, 2.05) is 35.2 Å². The third-order valence-corrected chi connectivity index (χ3v) is 5.90. The number of pyridine rings is 1. The van der Waals surface area contributed by atoms with Crippen LogP contribution in [0, 0.1) is 0 Å². The van der Waals surface area contributed by atoms with Gasteiger partial charge >= 0.3 is 0 Å². The van der Waals surface area contributed by atoms with Gasteiger partial charge in [0, 0.05) is 30.3 Å². The maximum absolute atomic E-state index is 12.8. The Morgan fingerprint density at radius 2 is 1.89 bits per heavy atom. The molecule has 1 atom stereocenters. The topological polar surface area (TPSA) is 45.7 Å². The van der Waals surface area contributed by atoms with Gasteiger partial charge in [0.25, 0.3) is 0 Å². The van der Waals surface area contributed by atoms with Gasteiger partial charge in [-0.3, -0.25) is 14.7 Å². The third-order valence-electron chi connectivity index (χ3n) is 5.90. The normalized spacial score (nSPS) is 20.3. The molecule has 0 radical (unpaired) electrons. The van der Waals surface area contributed by atoms with Gasteiger partial charge in [0.1, 0.15) is 5.75 Å². The molecular weight excluding hydrogens is 350 g/mol. The van der Waals surface area contributed by atoms with Gasteiger partial charge < -0.3 is 9.64 Å². The number of rotatable bonds is 5. The van der Waals surface area contributed by atoms with Gasteiger partial charge in [-0.1, -0.05) is 18.2 Å². The molecule has 2 aromatic rings. The Morgan fingerprint density at radius 3 is 2.71 bits per heavy atom. The molecule has 0 N–H and O–H groups in total. The molecule has 0 spiro atoms. The van der Waals surface area contributed by atoms with Crippen LogP contribution in [0.25, 0.3) is 11.3 Å². The van der Waals surface area contributed by atoms with E-state index < -0.39 is 0 Å². The monoisotopic (exact) mass is 379 g/mol. The number of carbonyl (C=O) groups is 1. The second-order valence-electron chi connectivity index (χ2n) is 7.81. The molecule has 5 heteroatoms. The standard InChI is InChI=1S/C23H29N3O2/c1-28-22-12-3-2-9-19(22)21-11-6-10-20(24-21)18-8-7-15-26(16-18)23(27)17-25-13-4-5-14-25/h2-3,6,9-12,18H,4-5,7-8,13-17H2,1H3/t18-/m1/s1. The molecule has 5 nitrogen and oxygen atoms in total. The Bertz CT molecular complexity index is 817. The quantitative estimate of drug-likeness (QED) is 0.797. The largest absolute Gasteiger partial charge is 0.496 e. The van der Waals surface area contributed by atoms with Crippen molar-refractivity contribution in [2.24, 2.45) is 0 Å². The number of likely N-dealkylation sites (tertiary alicyclic amines) is 2. The van der Waals surface area contributed by atoms with Crippen molar-refractivity contribution in [2.75, 3.05) is 39.8 Å². The molecule has 1 amide bonds. The van der Waals surface area contributed by atoms with Crippen LogP contribution in [-0.4, -0.2) is 60.5 Å². The second kappa shape index (κ2) is 8.74. The zero-order valence-corrected chi connectivity index (χ0v) is 16.6. The average molecular weight is 380 g/mol. The highest BCUT2D eigenvalue weighted by atomic mass is 16.5. The fourth-order valence-electron chi connectivity index (χ4n) is 4.36. The summed E-state index contributed by atoms with van der Waals surface area (Å²) in [7, 11) is 1.69. The fourth-order valence-corrected chi connectivity index (χ4v) is 4.36. The predicted octanol–water partition coefficient (Wildman–Crippen LogP) is 3.56. The molecule has 2 fully saturated rings. The van der Waals surface area contributed by atoms with E-state index in [9.17, 15) is 4.79 Å². The van der Waals surface area contributed by atoms with Crippen LogP contribution in [0.15, 0.2) is 42.5 Å². The van der Waals surface area contributed by atoms with Gasteiger partial charge in [0.15, 0.2) is 0 Å². The number of ether oxygens (including phenoxy) is 1. The van der Waals surface area contributed by atoms with Crippen molar-refractivity contribution in [1.82, 2.24) is 14.8 Å². The van der Waals surface area contributed by atoms with Gasteiger partial charge in [0.2, 0.25) is 5.91 Å². The van der Waals surface area contributed by atoms with E-state index in [0.29, 0.717) is 12.5 Å². The van der Waals surface area contributed by atoms with E-state index in [4.69, 9.17) is 9.72 Å². The van der Waals surface area contributed by atoms with Crippen LogP contribution in [0.2, 0.25) is 0 Å². The predicted molar refractivity (Wildman–Crippen MR) is 110 cm³/mol. The number of carbonyl (C=O) groups excluding carboxylic acids is 1. The van der Waals surface area contributed by atoms with Crippen molar-refractivity contribution in [3.05, 3.63) is 48.2 Å². The highest BCUT2D eigenvalue weighted by molar-refractivity contribution is 5.78. The summed E-state index contributed by atoms with van der Waals surface area (Å²) in [4.78, 5) is 22.0. The lowest BCUT2D eigenvalue weighted by Crippen LogP contribution is -2.44. The number of piperidine rings is 1. The van der Waals surface area contributed by atoms with Crippen LogP contribution < -0.4 is 4.74 Å². The van der Waals surface area contributed by atoms with Crippen LogP contribution in [0.3, 0.4) is 0 Å². The lowest BCUT2D eigenvalue weighted by atomic mass is 9.93. The summed E-state index contributed by atoms with van der Waals surface area (Å²) in [6.07, 6.45) is 4.55. The molecule has 1 aromatic carbocycles. The molecule has 4 rings (SSSR count). The summed E-state index contributed by atoms with van der Waals surface area (Å²) < 4.78 is 5.50. The van der Waals surface area contributed by atoms with E-state index in [1.54, 1.807) is 7.11 Å². The Hall–Kier alpha value is -2.40. The smallest absolute Gasteiger partial charge is 0.236 e. The lowest BCUT2D eigenvalue weighted by molar-refractivity contribution is -0.133. The Morgan fingerprint density at radius 1 is 1.07 bits per heavy atom. The molecule has 2 saturated heterocycles. The van der Waals surface area contributed by atoms with Crippen LogP contribution in [0.4, 0.5) is 0 Å². The maximum atomic E-state index is 12.8. The summed E-state index contributed by atoms with van der Waals surface area (Å²) in [6.45, 7) is 4.34. The number of para-hydroxylation sites is 1. The number of benzene rings is 1. The molecular formula is C23H29N3O2. The first kappa shape index (κ1) is 18.9. The lowest BCUT2D eigenvalue weighted by Gasteiger charge is -2.33. The number of hydrogen-bond acceptors (Lipinski definition) is 4. The summed E-state index contributed by atoms with van der Waals surface area (Å²) in [5.41, 5.74) is 3.00. The first-order valence-electron chi connectivity index (χ1n) is 10.3. The highest BCUT2D eigenvalue weighted by Crippen LogP contribution is 2.31. The van der Waals surface area contributed by atoms with Crippen molar-refractivity contribution in [1.29, 1.82) is 0 Å². The van der Waals surface area contributed by atoms with E-state index in [1.165, 1.54) is 12.8 Å². The van der Waals surface area contributed by atoms with Gasteiger partial charge in [-0.05, 0) is 63.0 Å². The minimum Gasteiger partial charge on any atom is -0.496 e. The molecule has 1 aromatic heterocycles. The summed E-state index contributed by atoms with van der Waals surface area (Å²) in [6, 6.07) is 14.2. The van der Waals surface area contributed by atoms with Crippen LogP contribution in [0.1, 0.15) is 37.3 Å². The molecule has 3 heterocycles. The zero-order chi connectivity index (χ0) is 19.3. The molecule has 0 unspecified atom stereocenters. The molecule has 148 valence electrons. The Balaban J connectivity index is 1.48. The van der Waals surface area contributed by atoms with Crippen LogP contribution in [-0.2, 0) is 4.79 Å². The van der Waals surface area contributed by atoms with Crippen molar-refractivity contribution >= 4 is 5.91 Å². The number of amides is 1. The van der Waals surface area contributed by atoms with Crippen molar-refractivity contribution < 1.29 is 9.53 Å². The van der Waals surface area contributed by atoms with Gasteiger partial charge in [-0.15, -0.1) is 0 Å². The van der Waals surface area contributed by atoms with E-state index in [2.05, 4.69) is 17.0 Å². The zero-order valence-electron chi connectivity index (χ0n) is 16.6.